The molecule has 2 heterocycles. The van der Waals surface area contributed by atoms with Crippen LogP contribution in [0, 0.1) is 0 Å². The van der Waals surface area contributed by atoms with Crippen LogP contribution in [0.25, 0.3) is 0 Å². The summed E-state index contributed by atoms with van der Waals surface area (Å²) in [5.74, 6) is 1.55. The summed E-state index contributed by atoms with van der Waals surface area (Å²) in [6, 6.07) is 12.3. The lowest BCUT2D eigenvalue weighted by molar-refractivity contribution is -0.274. The number of alkyl halides is 3. The van der Waals surface area contributed by atoms with Crippen molar-refractivity contribution < 1.29 is 32.2 Å². The zero-order chi connectivity index (χ0) is 25.7. The molecule has 190 valence electrons. The van der Waals surface area contributed by atoms with Gasteiger partial charge >= 0.3 is 6.36 Å². The lowest BCUT2D eigenvalue weighted by Crippen LogP contribution is -2.49. The Bertz CT molecular complexity index is 1180. The van der Waals surface area contributed by atoms with E-state index >= 15 is 0 Å². The standard InChI is InChI=1S/C24H24F3N5O4/c1-34-18-4-3-5-19(35-2)22(18)23(33)32-12-10-31(11-13-32)21-14-20(28-15-29-21)30-16-6-8-17(9-7-16)36-24(25,26)27/h3-9,14-15H,10-13H2,1-2H3,(H,28,29,30). The third-order valence-corrected chi connectivity index (χ3v) is 5.55. The molecule has 2 aromatic carbocycles. The maximum Gasteiger partial charge on any atom is 0.573 e. The van der Waals surface area contributed by atoms with Gasteiger partial charge in [0.2, 0.25) is 0 Å². The van der Waals surface area contributed by atoms with Crippen molar-refractivity contribution >= 4 is 23.2 Å². The van der Waals surface area contributed by atoms with Gasteiger partial charge < -0.3 is 29.3 Å². The van der Waals surface area contributed by atoms with E-state index < -0.39 is 6.36 Å². The number of anilines is 3. The second-order valence-corrected chi connectivity index (χ2v) is 7.78. The van der Waals surface area contributed by atoms with E-state index in [-0.39, 0.29) is 11.7 Å². The highest BCUT2D eigenvalue weighted by atomic mass is 19.4. The Balaban J connectivity index is 1.39. The first-order chi connectivity index (χ1) is 17.3. The fourth-order valence-electron chi connectivity index (χ4n) is 3.83. The van der Waals surface area contributed by atoms with Crippen molar-refractivity contribution in [1.29, 1.82) is 0 Å². The van der Waals surface area contributed by atoms with Gasteiger partial charge in [0.25, 0.3) is 5.91 Å². The molecule has 0 spiro atoms. The zero-order valence-corrected chi connectivity index (χ0v) is 19.6. The van der Waals surface area contributed by atoms with Gasteiger partial charge in [-0.2, -0.15) is 0 Å². The molecule has 1 aromatic heterocycles. The van der Waals surface area contributed by atoms with Crippen molar-refractivity contribution in [1.82, 2.24) is 14.9 Å². The molecule has 1 fully saturated rings. The Morgan fingerprint density at radius 2 is 1.58 bits per heavy atom. The van der Waals surface area contributed by atoms with Crippen LogP contribution in [0.2, 0.25) is 0 Å². The molecule has 0 radical (unpaired) electrons. The number of rotatable bonds is 7. The number of ether oxygens (including phenoxy) is 3. The lowest BCUT2D eigenvalue weighted by Gasteiger charge is -2.35. The minimum Gasteiger partial charge on any atom is -0.496 e. The van der Waals surface area contributed by atoms with Gasteiger partial charge in [-0.1, -0.05) is 6.07 Å². The van der Waals surface area contributed by atoms with E-state index in [1.807, 2.05) is 4.90 Å². The average Bonchev–Trinajstić information content (AvgIpc) is 2.88. The van der Waals surface area contributed by atoms with Gasteiger partial charge in [0.1, 0.15) is 40.8 Å². The van der Waals surface area contributed by atoms with E-state index in [9.17, 15) is 18.0 Å². The number of nitrogens with zero attached hydrogens (tertiary/aromatic N) is 4. The summed E-state index contributed by atoms with van der Waals surface area (Å²) in [7, 11) is 3.02. The van der Waals surface area contributed by atoms with Gasteiger partial charge in [0, 0.05) is 37.9 Å². The van der Waals surface area contributed by atoms with Gasteiger partial charge in [-0.25, -0.2) is 9.97 Å². The lowest BCUT2D eigenvalue weighted by atomic mass is 10.1. The summed E-state index contributed by atoms with van der Waals surface area (Å²) in [6.45, 7) is 2.02. The number of benzene rings is 2. The molecule has 1 saturated heterocycles. The van der Waals surface area contributed by atoms with Crippen molar-refractivity contribution in [2.75, 3.05) is 50.6 Å². The van der Waals surface area contributed by atoms with Crippen LogP contribution >= 0.6 is 0 Å². The number of aromatic nitrogens is 2. The molecule has 1 N–H and O–H groups in total. The first kappa shape index (κ1) is 24.9. The first-order valence-electron chi connectivity index (χ1n) is 11.0. The SMILES string of the molecule is COc1cccc(OC)c1C(=O)N1CCN(c2cc(Nc3ccc(OC(F)(F)F)cc3)ncn2)CC1. The van der Waals surface area contributed by atoms with Crippen molar-refractivity contribution in [3.63, 3.8) is 0 Å². The van der Waals surface area contributed by atoms with E-state index in [0.717, 1.165) is 0 Å². The number of carbonyl (C=O) groups excluding carboxylic acids is 1. The van der Waals surface area contributed by atoms with Crippen LogP contribution in [0.5, 0.6) is 17.2 Å². The van der Waals surface area contributed by atoms with Crippen LogP contribution in [0.1, 0.15) is 10.4 Å². The Labute approximate surface area is 205 Å². The molecule has 36 heavy (non-hydrogen) atoms. The second kappa shape index (κ2) is 10.6. The molecule has 1 aliphatic heterocycles. The largest absolute Gasteiger partial charge is 0.573 e. The highest BCUT2D eigenvalue weighted by molar-refractivity contribution is 5.99. The minimum absolute atomic E-state index is 0.174. The molecule has 3 aromatic rings. The van der Waals surface area contributed by atoms with E-state index in [1.54, 1.807) is 29.2 Å². The Hall–Kier alpha value is -4.22. The summed E-state index contributed by atoms with van der Waals surface area (Å²) in [4.78, 5) is 25.5. The number of carbonyl (C=O) groups is 1. The van der Waals surface area contributed by atoms with E-state index in [4.69, 9.17) is 9.47 Å². The van der Waals surface area contributed by atoms with Gasteiger partial charge in [0.05, 0.1) is 14.2 Å². The van der Waals surface area contributed by atoms with E-state index in [1.165, 1.54) is 44.8 Å². The van der Waals surface area contributed by atoms with Crippen LogP contribution in [0.3, 0.4) is 0 Å². The Morgan fingerprint density at radius 3 is 2.17 bits per heavy atom. The van der Waals surface area contributed by atoms with Crippen LogP contribution in [-0.4, -0.2) is 67.5 Å². The van der Waals surface area contributed by atoms with E-state index in [2.05, 4.69) is 20.0 Å². The van der Waals surface area contributed by atoms with Gasteiger partial charge in [-0.05, 0) is 36.4 Å². The molecule has 4 rings (SSSR count). The van der Waals surface area contributed by atoms with Crippen molar-refractivity contribution in [2.45, 2.75) is 6.36 Å². The number of hydrogen-bond donors (Lipinski definition) is 1. The summed E-state index contributed by atoms with van der Waals surface area (Å²) in [5, 5.41) is 3.04. The maximum atomic E-state index is 13.2. The quantitative estimate of drug-likeness (QED) is 0.516. The predicted octanol–water partition coefficient (Wildman–Crippen LogP) is 4.10. The molecule has 0 aliphatic carbocycles. The molecule has 0 atom stereocenters. The summed E-state index contributed by atoms with van der Waals surface area (Å²) >= 11 is 0. The van der Waals surface area contributed by atoms with Crippen LogP contribution < -0.4 is 24.4 Å². The molecule has 9 nitrogen and oxygen atoms in total. The Morgan fingerprint density at radius 1 is 0.944 bits per heavy atom. The third kappa shape index (κ3) is 5.88. The van der Waals surface area contributed by atoms with Crippen LogP contribution in [0.15, 0.2) is 54.9 Å². The normalized spacial score (nSPS) is 13.8. The first-order valence-corrected chi connectivity index (χ1v) is 11.0. The van der Waals surface area contributed by atoms with Gasteiger partial charge in [-0.15, -0.1) is 13.2 Å². The molecule has 0 unspecified atom stereocenters. The zero-order valence-electron chi connectivity index (χ0n) is 19.6. The summed E-state index contributed by atoms with van der Waals surface area (Å²) in [6.07, 6.45) is -3.35. The highest BCUT2D eigenvalue weighted by Gasteiger charge is 2.31. The van der Waals surface area contributed by atoms with Crippen LogP contribution in [0.4, 0.5) is 30.5 Å². The average molecular weight is 503 g/mol. The predicted molar refractivity (Wildman–Crippen MR) is 126 cm³/mol. The number of hydrogen-bond acceptors (Lipinski definition) is 8. The summed E-state index contributed by atoms with van der Waals surface area (Å²) < 4.78 is 51.6. The number of amides is 1. The van der Waals surface area contributed by atoms with Crippen molar-refractivity contribution in [2.24, 2.45) is 0 Å². The molecule has 1 aliphatic rings. The molecule has 0 bridgehead atoms. The fourth-order valence-corrected chi connectivity index (χ4v) is 3.83. The maximum absolute atomic E-state index is 13.2. The topological polar surface area (TPSA) is 89.1 Å². The number of methoxy groups -OCH3 is 2. The van der Waals surface area contributed by atoms with Gasteiger partial charge in [0.15, 0.2) is 0 Å². The molecule has 1 amide bonds. The number of piperazine rings is 1. The smallest absolute Gasteiger partial charge is 0.496 e. The minimum atomic E-state index is -4.75. The third-order valence-electron chi connectivity index (χ3n) is 5.55. The van der Waals surface area contributed by atoms with Gasteiger partial charge in [-0.3, -0.25) is 4.79 Å². The number of halogens is 3. The molecule has 0 saturated carbocycles. The molecular formula is C24H24F3N5O4. The number of nitrogens with one attached hydrogen (secondary N) is 1. The molecule has 12 heteroatoms. The highest BCUT2D eigenvalue weighted by Crippen LogP contribution is 2.30. The monoisotopic (exact) mass is 503 g/mol. The second-order valence-electron chi connectivity index (χ2n) is 7.78. The molecular weight excluding hydrogens is 479 g/mol. The van der Waals surface area contributed by atoms with E-state index in [0.29, 0.717) is 60.6 Å². The van der Waals surface area contributed by atoms with Crippen molar-refractivity contribution in [3.8, 4) is 17.2 Å². The van der Waals surface area contributed by atoms with Crippen LogP contribution in [-0.2, 0) is 0 Å². The van der Waals surface area contributed by atoms with Crippen molar-refractivity contribution in [3.05, 3.63) is 60.4 Å². The summed E-state index contributed by atoms with van der Waals surface area (Å²) in [5.41, 5.74) is 0.923. The Kier molecular flexibility index (Phi) is 7.32. The fraction of sp³-hybridized carbons (Fsp3) is 0.292.